The first-order valence-electron chi connectivity index (χ1n) is 6.70. The van der Waals surface area contributed by atoms with E-state index in [2.05, 4.69) is 42.2 Å². The van der Waals surface area contributed by atoms with Crippen LogP contribution in [0, 0.1) is 5.41 Å². The number of aromatic nitrogens is 1. The van der Waals surface area contributed by atoms with Gasteiger partial charge in [-0.3, -0.25) is 0 Å². The Morgan fingerprint density at radius 1 is 1.41 bits per heavy atom. The molecule has 0 aromatic carbocycles. The predicted molar refractivity (Wildman–Crippen MR) is 68.0 cm³/mol. The first kappa shape index (κ1) is 11.3. The number of rotatable bonds is 2. The largest absolute Gasteiger partial charge is 0.381 e. The smallest absolute Gasteiger partial charge is 0.0472 e. The molecule has 2 fully saturated rings. The van der Waals surface area contributed by atoms with E-state index in [1.165, 1.54) is 18.4 Å². The summed E-state index contributed by atoms with van der Waals surface area (Å²) in [7, 11) is 0. The molecule has 3 nitrogen and oxygen atoms in total. The van der Waals surface area contributed by atoms with Crippen LogP contribution in [-0.4, -0.2) is 24.3 Å². The van der Waals surface area contributed by atoms with Gasteiger partial charge < -0.3 is 14.6 Å². The van der Waals surface area contributed by atoms with Gasteiger partial charge in [0.15, 0.2) is 0 Å². The third-order valence-electron chi connectivity index (χ3n) is 4.43. The minimum absolute atomic E-state index is 0.474. The minimum atomic E-state index is 0.474. The maximum atomic E-state index is 5.50. The van der Waals surface area contributed by atoms with Crippen LogP contribution in [0.25, 0.3) is 0 Å². The fourth-order valence-electron chi connectivity index (χ4n) is 3.13. The first-order valence-corrected chi connectivity index (χ1v) is 6.70. The highest BCUT2D eigenvalue weighted by atomic mass is 16.5. The van der Waals surface area contributed by atoms with Gasteiger partial charge in [0.2, 0.25) is 0 Å². The lowest BCUT2D eigenvalue weighted by Crippen LogP contribution is -2.58. The molecule has 0 radical (unpaired) electrons. The highest BCUT2D eigenvalue weighted by molar-refractivity contribution is 5.23. The van der Waals surface area contributed by atoms with Crippen LogP contribution in [0.2, 0.25) is 0 Å². The molecule has 1 unspecified atom stereocenters. The fourth-order valence-corrected chi connectivity index (χ4v) is 3.13. The summed E-state index contributed by atoms with van der Waals surface area (Å²) >= 11 is 0. The number of ether oxygens (including phenoxy) is 1. The van der Waals surface area contributed by atoms with Crippen LogP contribution in [0.4, 0.5) is 0 Å². The van der Waals surface area contributed by atoms with Crippen molar-refractivity contribution in [2.24, 2.45) is 5.41 Å². The molecule has 2 aliphatic heterocycles. The molecule has 1 aromatic rings. The van der Waals surface area contributed by atoms with Crippen molar-refractivity contribution in [3.63, 3.8) is 0 Å². The van der Waals surface area contributed by atoms with Crippen LogP contribution in [0.5, 0.6) is 0 Å². The second-order valence-corrected chi connectivity index (χ2v) is 5.77. The summed E-state index contributed by atoms with van der Waals surface area (Å²) in [5.74, 6) is 0. The van der Waals surface area contributed by atoms with E-state index in [4.69, 9.17) is 4.74 Å². The highest BCUT2D eigenvalue weighted by Crippen LogP contribution is 2.48. The van der Waals surface area contributed by atoms with Gasteiger partial charge >= 0.3 is 0 Å². The molecule has 3 rings (SSSR count). The fraction of sp³-hybridized carbons (Fsp3) is 0.714. The van der Waals surface area contributed by atoms with Gasteiger partial charge in [0.1, 0.15) is 0 Å². The molecular formula is C14H22N2O. The second-order valence-electron chi connectivity index (χ2n) is 5.77. The summed E-state index contributed by atoms with van der Waals surface area (Å²) in [5.41, 5.74) is 1.92. The van der Waals surface area contributed by atoms with E-state index in [1.807, 2.05) is 0 Å². The van der Waals surface area contributed by atoms with E-state index in [0.29, 0.717) is 17.5 Å². The standard InChI is InChI=1S/C14H22N2O/c1-11(2)16-6-3-12(9-16)13-14(10-15-13)4-7-17-8-5-14/h3,6,9,11,13,15H,4-5,7-8,10H2,1-2H3. The van der Waals surface area contributed by atoms with Gasteiger partial charge in [0.25, 0.3) is 0 Å². The van der Waals surface area contributed by atoms with Gasteiger partial charge in [0.05, 0.1) is 0 Å². The number of nitrogens with one attached hydrogen (secondary N) is 1. The summed E-state index contributed by atoms with van der Waals surface area (Å²) in [4.78, 5) is 0. The summed E-state index contributed by atoms with van der Waals surface area (Å²) < 4.78 is 7.79. The lowest BCUT2D eigenvalue weighted by Gasteiger charge is -2.52. The van der Waals surface area contributed by atoms with Crippen molar-refractivity contribution in [3.8, 4) is 0 Å². The zero-order chi connectivity index (χ0) is 11.9. The average Bonchev–Trinajstić information content (AvgIpc) is 2.78. The Kier molecular flexibility index (Phi) is 2.75. The second kappa shape index (κ2) is 4.14. The SMILES string of the molecule is CC(C)n1ccc(C2NCC23CCOCC3)c1. The van der Waals surface area contributed by atoms with E-state index in [1.54, 1.807) is 0 Å². The van der Waals surface area contributed by atoms with Crippen molar-refractivity contribution in [1.29, 1.82) is 0 Å². The molecule has 2 saturated heterocycles. The number of hydrogen-bond donors (Lipinski definition) is 1. The lowest BCUT2D eigenvalue weighted by atomic mass is 9.66. The third-order valence-corrected chi connectivity index (χ3v) is 4.43. The summed E-state index contributed by atoms with van der Waals surface area (Å²) in [5, 5.41) is 3.61. The molecule has 1 N–H and O–H groups in total. The maximum absolute atomic E-state index is 5.50. The maximum Gasteiger partial charge on any atom is 0.0472 e. The average molecular weight is 234 g/mol. The zero-order valence-electron chi connectivity index (χ0n) is 10.8. The van der Waals surface area contributed by atoms with Crippen molar-refractivity contribution >= 4 is 0 Å². The van der Waals surface area contributed by atoms with E-state index in [-0.39, 0.29) is 0 Å². The number of hydrogen-bond acceptors (Lipinski definition) is 2. The number of nitrogens with zero attached hydrogens (tertiary/aromatic N) is 1. The quantitative estimate of drug-likeness (QED) is 0.851. The monoisotopic (exact) mass is 234 g/mol. The first-order chi connectivity index (χ1) is 8.21. The van der Waals surface area contributed by atoms with E-state index in [0.717, 1.165) is 19.8 Å². The Labute approximate surface area is 103 Å². The third kappa shape index (κ3) is 1.81. The molecule has 0 aliphatic carbocycles. The molecule has 94 valence electrons. The molecule has 3 heteroatoms. The van der Waals surface area contributed by atoms with Crippen LogP contribution in [0.15, 0.2) is 18.5 Å². The topological polar surface area (TPSA) is 26.2 Å². The Morgan fingerprint density at radius 2 is 2.18 bits per heavy atom. The Balaban J connectivity index is 1.79. The molecule has 3 heterocycles. The van der Waals surface area contributed by atoms with Crippen molar-refractivity contribution < 1.29 is 4.74 Å². The molecule has 1 atom stereocenters. The summed E-state index contributed by atoms with van der Waals surface area (Å²) in [6, 6.07) is 3.37. The molecule has 1 spiro atoms. The van der Waals surface area contributed by atoms with Gasteiger partial charge in [-0.1, -0.05) is 0 Å². The van der Waals surface area contributed by atoms with Gasteiger partial charge in [0, 0.05) is 49.7 Å². The minimum Gasteiger partial charge on any atom is -0.381 e. The Hall–Kier alpha value is -0.800. The Morgan fingerprint density at radius 3 is 2.71 bits per heavy atom. The van der Waals surface area contributed by atoms with Crippen molar-refractivity contribution in [1.82, 2.24) is 9.88 Å². The van der Waals surface area contributed by atoms with E-state index >= 15 is 0 Å². The zero-order valence-corrected chi connectivity index (χ0v) is 10.8. The molecule has 0 saturated carbocycles. The van der Waals surface area contributed by atoms with Gasteiger partial charge in [-0.05, 0) is 38.3 Å². The molecule has 0 amide bonds. The molecular weight excluding hydrogens is 212 g/mol. The summed E-state index contributed by atoms with van der Waals surface area (Å²) in [6.45, 7) is 7.48. The van der Waals surface area contributed by atoms with Gasteiger partial charge in [-0.2, -0.15) is 0 Å². The molecule has 0 bridgehead atoms. The van der Waals surface area contributed by atoms with E-state index in [9.17, 15) is 0 Å². The van der Waals surface area contributed by atoms with Crippen LogP contribution in [0.3, 0.4) is 0 Å². The molecule has 17 heavy (non-hydrogen) atoms. The van der Waals surface area contributed by atoms with Crippen molar-refractivity contribution in [2.75, 3.05) is 19.8 Å². The summed E-state index contributed by atoms with van der Waals surface area (Å²) in [6.07, 6.45) is 6.92. The van der Waals surface area contributed by atoms with Gasteiger partial charge in [-0.25, -0.2) is 0 Å². The van der Waals surface area contributed by atoms with Gasteiger partial charge in [-0.15, -0.1) is 0 Å². The van der Waals surface area contributed by atoms with E-state index < -0.39 is 0 Å². The molecule has 1 aromatic heterocycles. The Bertz CT molecular complexity index is 391. The van der Waals surface area contributed by atoms with Crippen molar-refractivity contribution in [2.45, 2.75) is 38.8 Å². The van der Waals surface area contributed by atoms with Crippen LogP contribution in [0.1, 0.15) is 44.3 Å². The predicted octanol–water partition coefficient (Wildman–Crippen LogP) is 2.51. The van der Waals surface area contributed by atoms with Crippen LogP contribution < -0.4 is 5.32 Å². The normalized spacial score (nSPS) is 27.4. The van der Waals surface area contributed by atoms with Crippen LogP contribution >= 0.6 is 0 Å². The van der Waals surface area contributed by atoms with Crippen molar-refractivity contribution in [3.05, 3.63) is 24.0 Å². The highest BCUT2D eigenvalue weighted by Gasteiger charge is 2.48. The molecule has 2 aliphatic rings. The van der Waals surface area contributed by atoms with Crippen LogP contribution in [-0.2, 0) is 4.74 Å². The lowest BCUT2D eigenvalue weighted by molar-refractivity contribution is -0.0479.